The molecule has 1 aromatic carbocycles. The summed E-state index contributed by atoms with van der Waals surface area (Å²) in [5, 5.41) is -0.0170. The number of hydrogen-bond donors (Lipinski definition) is 1. The Bertz CT molecular complexity index is 1190. The summed E-state index contributed by atoms with van der Waals surface area (Å²) < 4.78 is 45.9. The first-order chi connectivity index (χ1) is 13.5. The maximum Gasteiger partial charge on any atom is 0.267 e. The normalized spacial score (nSPS) is 11.8. The highest BCUT2D eigenvalue weighted by Crippen LogP contribution is 2.29. The van der Waals surface area contributed by atoms with E-state index in [1.165, 1.54) is 0 Å². The first-order valence-electron chi connectivity index (χ1n) is 8.65. The highest BCUT2D eigenvalue weighted by atomic mass is 35.5. The number of hydrogen-bond acceptors (Lipinski definition) is 5. The molecule has 2 aromatic heterocycles. The summed E-state index contributed by atoms with van der Waals surface area (Å²) >= 11 is 6.09. The lowest BCUT2D eigenvalue weighted by atomic mass is 10.2. The van der Waals surface area contributed by atoms with Gasteiger partial charge in [-0.15, -0.1) is 0 Å². The van der Waals surface area contributed by atoms with Gasteiger partial charge in [-0.2, -0.15) is 0 Å². The van der Waals surface area contributed by atoms with Gasteiger partial charge in [0, 0.05) is 23.7 Å². The smallest absolute Gasteiger partial charge is 0.267 e. The van der Waals surface area contributed by atoms with Crippen molar-refractivity contribution in [1.82, 2.24) is 14.1 Å². The molecule has 154 valence electrons. The third kappa shape index (κ3) is 4.86. The molecule has 3 rings (SSSR count). The van der Waals surface area contributed by atoms with Gasteiger partial charge in [0.05, 0.1) is 28.6 Å². The van der Waals surface area contributed by atoms with Crippen molar-refractivity contribution < 1.29 is 22.3 Å². The highest BCUT2D eigenvalue weighted by molar-refractivity contribution is 7.89. The van der Waals surface area contributed by atoms with Crippen molar-refractivity contribution >= 4 is 33.0 Å². The monoisotopic (exact) mass is 439 g/mol. The summed E-state index contributed by atoms with van der Waals surface area (Å²) in [7, 11) is -3.83. The minimum atomic E-state index is -3.83. The van der Waals surface area contributed by atoms with Gasteiger partial charge in [-0.1, -0.05) is 31.5 Å². The van der Waals surface area contributed by atoms with Crippen LogP contribution in [-0.4, -0.2) is 30.0 Å². The number of imidazole rings is 1. The molecule has 29 heavy (non-hydrogen) atoms. The number of fused-ring (bicyclic) bond motifs is 1. The molecule has 0 atom stereocenters. The van der Waals surface area contributed by atoms with Crippen LogP contribution in [0.15, 0.2) is 36.7 Å². The Labute approximate surface area is 172 Å². The second-order valence-corrected chi connectivity index (χ2v) is 9.01. The minimum Gasteiger partial charge on any atom is -0.487 e. The fourth-order valence-corrected chi connectivity index (χ4v) is 3.43. The number of benzene rings is 1. The van der Waals surface area contributed by atoms with Crippen LogP contribution in [0.3, 0.4) is 0 Å². The van der Waals surface area contributed by atoms with Crippen LogP contribution in [0.1, 0.15) is 41.5 Å². The summed E-state index contributed by atoms with van der Waals surface area (Å²) in [6.45, 7) is 4.20. The molecule has 0 aliphatic heterocycles. The molecular formula is C19H19ClFN3O4S. The van der Waals surface area contributed by atoms with Gasteiger partial charge >= 0.3 is 0 Å². The number of nitrogens with one attached hydrogen (secondary N) is 1. The molecule has 0 aliphatic carbocycles. The Morgan fingerprint density at radius 1 is 1.34 bits per heavy atom. The van der Waals surface area contributed by atoms with Crippen LogP contribution in [0, 0.1) is 5.82 Å². The first-order valence-corrected chi connectivity index (χ1v) is 10.9. The van der Waals surface area contributed by atoms with E-state index in [1.54, 1.807) is 10.9 Å². The van der Waals surface area contributed by atoms with E-state index >= 15 is 0 Å². The van der Waals surface area contributed by atoms with E-state index in [9.17, 15) is 17.6 Å². The molecular weight excluding hydrogens is 421 g/mol. The van der Waals surface area contributed by atoms with Gasteiger partial charge in [-0.05, 0) is 12.1 Å². The van der Waals surface area contributed by atoms with E-state index in [4.69, 9.17) is 16.3 Å². The number of pyridine rings is 1. The lowest BCUT2D eigenvalue weighted by Gasteiger charge is -2.12. The quantitative estimate of drug-likeness (QED) is 0.634. The topological polar surface area (TPSA) is 89.8 Å². The molecule has 0 aliphatic rings. The van der Waals surface area contributed by atoms with Crippen molar-refractivity contribution in [2.24, 2.45) is 0 Å². The van der Waals surface area contributed by atoms with Crippen LogP contribution >= 0.6 is 11.6 Å². The number of carbonyl (C=O) groups excluding carboxylic acids is 1. The number of rotatable bonds is 6. The summed E-state index contributed by atoms with van der Waals surface area (Å²) in [6.07, 6.45) is 4.46. The Morgan fingerprint density at radius 2 is 2.07 bits per heavy atom. The summed E-state index contributed by atoms with van der Waals surface area (Å²) in [5.41, 5.74) is 1.27. The van der Waals surface area contributed by atoms with Crippen LogP contribution in [0.2, 0.25) is 5.02 Å². The molecule has 0 bridgehead atoms. The fraction of sp³-hybridized carbons (Fsp3) is 0.263. The molecule has 3 aromatic rings. The summed E-state index contributed by atoms with van der Waals surface area (Å²) in [6, 6.07) is 5.75. The lowest BCUT2D eigenvalue weighted by Crippen LogP contribution is -2.30. The van der Waals surface area contributed by atoms with Gasteiger partial charge in [0.15, 0.2) is 0 Å². The van der Waals surface area contributed by atoms with E-state index in [0.29, 0.717) is 0 Å². The van der Waals surface area contributed by atoms with Crippen molar-refractivity contribution in [2.45, 2.75) is 26.4 Å². The molecule has 2 heterocycles. The van der Waals surface area contributed by atoms with Crippen LogP contribution in [0.4, 0.5) is 4.39 Å². The van der Waals surface area contributed by atoms with Gasteiger partial charge in [0.1, 0.15) is 24.0 Å². The molecule has 1 amide bonds. The molecule has 0 spiro atoms. The number of halogens is 2. The third-order valence-electron chi connectivity index (χ3n) is 4.07. The number of carbonyl (C=O) groups is 1. The summed E-state index contributed by atoms with van der Waals surface area (Å²) in [4.78, 5) is 16.3. The average Bonchev–Trinajstić information content (AvgIpc) is 3.04. The summed E-state index contributed by atoms with van der Waals surface area (Å²) in [5.74, 6) is -0.868. The van der Waals surface area contributed by atoms with Crippen molar-refractivity contribution in [1.29, 1.82) is 0 Å². The Balaban J connectivity index is 1.80. The zero-order valence-corrected chi connectivity index (χ0v) is 17.5. The Morgan fingerprint density at radius 3 is 2.72 bits per heavy atom. The van der Waals surface area contributed by atoms with Crippen LogP contribution < -0.4 is 9.46 Å². The van der Waals surface area contributed by atoms with Crippen molar-refractivity contribution in [3.8, 4) is 5.75 Å². The zero-order valence-electron chi connectivity index (χ0n) is 15.9. The van der Waals surface area contributed by atoms with Gasteiger partial charge in [0.25, 0.3) is 5.91 Å². The molecule has 0 saturated heterocycles. The molecule has 0 saturated carbocycles. The fourth-order valence-electron chi connectivity index (χ4n) is 2.76. The Kier molecular flexibility index (Phi) is 5.81. The van der Waals surface area contributed by atoms with E-state index in [-0.39, 0.29) is 23.3 Å². The average molecular weight is 440 g/mol. The zero-order chi connectivity index (χ0) is 21.3. The largest absolute Gasteiger partial charge is 0.487 e. The maximum atomic E-state index is 14.3. The van der Waals surface area contributed by atoms with Crippen molar-refractivity contribution in [3.63, 3.8) is 0 Å². The number of ether oxygens (including phenoxy) is 1. The van der Waals surface area contributed by atoms with E-state index in [1.807, 2.05) is 36.6 Å². The molecule has 0 unspecified atom stereocenters. The van der Waals surface area contributed by atoms with Crippen molar-refractivity contribution in [3.05, 3.63) is 64.5 Å². The molecule has 0 fully saturated rings. The second kappa shape index (κ2) is 8.00. The van der Waals surface area contributed by atoms with Gasteiger partial charge in [0.2, 0.25) is 10.0 Å². The molecule has 1 N–H and O–H groups in total. The second-order valence-electron chi connectivity index (χ2n) is 6.86. The van der Waals surface area contributed by atoms with Gasteiger partial charge < -0.3 is 9.14 Å². The number of amides is 1. The van der Waals surface area contributed by atoms with Crippen LogP contribution in [0.25, 0.3) is 5.52 Å². The van der Waals surface area contributed by atoms with E-state index in [2.05, 4.69) is 4.98 Å². The highest BCUT2D eigenvalue weighted by Gasteiger charge is 2.19. The molecule has 0 radical (unpaired) electrons. The van der Waals surface area contributed by atoms with Gasteiger partial charge in [-0.3, -0.25) is 4.79 Å². The predicted octanol–water partition coefficient (Wildman–Crippen LogP) is 3.52. The maximum absolute atomic E-state index is 14.3. The third-order valence-corrected chi connectivity index (χ3v) is 4.92. The number of aromatic nitrogens is 2. The first kappa shape index (κ1) is 21.1. The van der Waals surface area contributed by atoms with Crippen LogP contribution in [0.5, 0.6) is 5.75 Å². The van der Waals surface area contributed by atoms with Crippen LogP contribution in [-0.2, 0) is 16.6 Å². The molecule has 10 heteroatoms. The minimum absolute atomic E-state index is 0.0170. The van der Waals surface area contributed by atoms with E-state index in [0.717, 1.165) is 35.3 Å². The standard InChI is InChI=1S/C19H19ClFN3O4S/c1-11(2)18-22-8-13-5-4-12(9-24(13)18)10-28-17-7-16(21)14(6-15(17)20)19(25)23-29(3,26)27/h4-9,11H,10H2,1-3H3,(H,23,25). The Hall–Kier alpha value is -2.65. The SMILES string of the molecule is CC(C)c1ncc2ccc(COc3cc(F)c(C(=O)NS(C)(=O)=O)cc3Cl)cn12. The lowest BCUT2D eigenvalue weighted by molar-refractivity contribution is 0.0977. The van der Waals surface area contributed by atoms with E-state index < -0.39 is 27.3 Å². The number of sulfonamides is 1. The number of nitrogens with zero attached hydrogens (tertiary/aromatic N) is 2. The van der Waals surface area contributed by atoms with Gasteiger partial charge in [-0.25, -0.2) is 22.5 Å². The molecule has 7 nitrogen and oxygen atoms in total. The predicted molar refractivity (Wildman–Crippen MR) is 107 cm³/mol. The van der Waals surface area contributed by atoms with Crippen molar-refractivity contribution in [2.75, 3.05) is 6.26 Å².